The van der Waals surface area contributed by atoms with E-state index in [2.05, 4.69) is 12.2 Å². The highest BCUT2D eigenvalue weighted by molar-refractivity contribution is 5.26. The van der Waals surface area contributed by atoms with Crippen molar-refractivity contribution in [3.63, 3.8) is 0 Å². The average Bonchev–Trinajstić information content (AvgIpc) is 2.85. The lowest BCUT2D eigenvalue weighted by molar-refractivity contribution is -0.0529. The van der Waals surface area contributed by atoms with Crippen LogP contribution < -0.4 is 5.32 Å². The molecule has 0 amide bonds. The Morgan fingerprint density at radius 1 is 1.39 bits per heavy atom. The Morgan fingerprint density at radius 3 is 2.72 bits per heavy atom. The number of benzene rings is 1. The Bertz CT molecular complexity index is 391. The summed E-state index contributed by atoms with van der Waals surface area (Å²) in [5.74, 6) is -0.164. The van der Waals surface area contributed by atoms with Crippen LogP contribution in [-0.2, 0) is 9.47 Å². The number of ether oxygens (including phenoxy) is 2. The van der Waals surface area contributed by atoms with Crippen molar-refractivity contribution in [2.24, 2.45) is 0 Å². The molecule has 1 aromatic rings. The van der Waals surface area contributed by atoms with Gasteiger partial charge in [-0.3, -0.25) is 0 Å². The van der Waals surface area contributed by atoms with Crippen molar-refractivity contribution in [2.45, 2.75) is 32.6 Å². The van der Waals surface area contributed by atoms with Crippen LogP contribution in [0.1, 0.15) is 30.5 Å². The molecule has 0 spiro atoms. The maximum Gasteiger partial charge on any atom is 0.159 e. The van der Waals surface area contributed by atoms with Crippen LogP contribution in [0, 0.1) is 12.7 Å². The zero-order valence-electron chi connectivity index (χ0n) is 10.9. The van der Waals surface area contributed by atoms with Crippen molar-refractivity contribution in [3.8, 4) is 0 Å². The van der Waals surface area contributed by atoms with E-state index in [9.17, 15) is 4.39 Å². The van der Waals surface area contributed by atoms with Gasteiger partial charge in [0, 0.05) is 12.5 Å². The molecule has 1 unspecified atom stereocenters. The molecule has 1 aliphatic heterocycles. The van der Waals surface area contributed by atoms with Crippen LogP contribution in [-0.4, -0.2) is 26.0 Å². The zero-order valence-corrected chi connectivity index (χ0v) is 10.9. The summed E-state index contributed by atoms with van der Waals surface area (Å²) in [4.78, 5) is 0. The summed E-state index contributed by atoms with van der Waals surface area (Å²) in [6.07, 6.45) is 0.596. The first kappa shape index (κ1) is 13.5. The van der Waals surface area contributed by atoms with Crippen LogP contribution in [0.3, 0.4) is 0 Å². The summed E-state index contributed by atoms with van der Waals surface area (Å²) in [6.45, 7) is 6.01. The maximum absolute atomic E-state index is 13.3. The van der Waals surface area contributed by atoms with Gasteiger partial charge in [-0.15, -0.1) is 0 Å². The van der Waals surface area contributed by atoms with Crippen molar-refractivity contribution in [1.29, 1.82) is 0 Å². The molecule has 1 N–H and O–H groups in total. The van der Waals surface area contributed by atoms with Gasteiger partial charge in [-0.25, -0.2) is 4.39 Å². The minimum atomic E-state index is -0.164. The summed E-state index contributed by atoms with van der Waals surface area (Å²) >= 11 is 0. The van der Waals surface area contributed by atoms with Crippen LogP contribution in [0.4, 0.5) is 4.39 Å². The molecule has 1 fully saturated rings. The van der Waals surface area contributed by atoms with Crippen LogP contribution >= 0.6 is 0 Å². The van der Waals surface area contributed by atoms with E-state index in [0.717, 1.165) is 18.5 Å². The Balaban J connectivity index is 2.09. The van der Waals surface area contributed by atoms with Gasteiger partial charge >= 0.3 is 0 Å². The van der Waals surface area contributed by atoms with Gasteiger partial charge in [0.25, 0.3) is 0 Å². The highest BCUT2D eigenvalue weighted by Crippen LogP contribution is 2.23. The summed E-state index contributed by atoms with van der Waals surface area (Å²) in [5, 5.41) is 3.39. The molecule has 0 radical (unpaired) electrons. The minimum Gasteiger partial charge on any atom is -0.350 e. The molecular weight excluding hydrogens is 233 g/mol. The highest BCUT2D eigenvalue weighted by atomic mass is 19.1. The number of aryl methyl sites for hydroxylation is 1. The van der Waals surface area contributed by atoms with E-state index in [1.165, 1.54) is 6.07 Å². The summed E-state index contributed by atoms with van der Waals surface area (Å²) < 4.78 is 24.2. The molecule has 1 aromatic carbocycles. The lowest BCUT2D eigenvalue weighted by atomic mass is 10.0. The number of hydrogen-bond acceptors (Lipinski definition) is 3. The summed E-state index contributed by atoms with van der Waals surface area (Å²) in [5.41, 5.74) is 1.75. The summed E-state index contributed by atoms with van der Waals surface area (Å²) in [7, 11) is 0. The smallest absolute Gasteiger partial charge is 0.159 e. The standard InChI is InChI=1S/C14H20FNO2/c1-3-16-13(9-14-17-6-7-18-14)11-4-5-12(15)10(2)8-11/h4-5,8,13-14,16H,3,6-7,9H2,1-2H3. The number of halogens is 1. The first-order valence-electron chi connectivity index (χ1n) is 6.43. The second-order valence-corrected chi connectivity index (χ2v) is 4.53. The molecule has 0 aliphatic carbocycles. The maximum atomic E-state index is 13.3. The first-order chi connectivity index (χ1) is 8.70. The predicted octanol–water partition coefficient (Wildman–Crippen LogP) is 2.55. The fourth-order valence-corrected chi connectivity index (χ4v) is 2.20. The molecule has 3 nitrogen and oxygen atoms in total. The third kappa shape index (κ3) is 3.28. The fourth-order valence-electron chi connectivity index (χ4n) is 2.20. The second-order valence-electron chi connectivity index (χ2n) is 4.53. The minimum absolute atomic E-state index is 0.136. The van der Waals surface area contributed by atoms with Crippen LogP contribution in [0.5, 0.6) is 0 Å². The normalized spacial score (nSPS) is 18.2. The predicted molar refractivity (Wildman–Crippen MR) is 67.9 cm³/mol. The quantitative estimate of drug-likeness (QED) is 0.874. The molecule has 4 heteroatoms. The van der Waals surface area contributed by atoms with E-state index >= 15 is 0 Å². The topological polar surface area (TPSA) is 30.5 Å². The molecule has 1 saturated heterocycles. The average molecular weight is 253 g/mol. The molecule has 2 rings (SSSR count). The highest BCUT2D eigenvalue weighted by Gasteiger charge is 2.22. The third-order valence-corrected chi connectivity index (χ3v) is 3.15. The van der Waals surface area contributed by atoms with Crippen molar-refractivity contribution < 1.29 is 13.9 Å². The van der Waals surface area contributed by atoms with E-state index in [1.54, 1.807) is 6.92 Å². The number of nitrogens with one attached hydrogen (secondary N) is 1. The van der Waals surface area contributed by atoms with Crippen molar-refractivity contribution in [2.75, 3.05) is 19.8 Å². The van der Waals surface area contributed by atoms with E-state index in [0.29, 0.717) is 18.8 Å². The Hall–Kier alpha value is -0.970. The summed E-state index contributed by atoms with van der Waals surface area (Å²) in [6, 6.07) is 5.37. The van der Waals surface area contributed by atoms with Gasteiger partial charge in [0.05, 0.1) is 13.2 Å². The van der Waals surface area contributed by atoms with Gasteiger partial charge < -0.3 is 14.8 Å². The van der Waals surface area contributed by atoms with E-state index < -0.39 is 0 Å². The molecule has 1 atom stereocenters. The molecule has 18 heavy (non-hydrogen) atoms. The van der Waals surface area contributed by atoms with Crippen LogP contribution in [0.2, 0.25) is 0 Å². The fraction of sp³-hybridized carbons (Fsp3) is 0.571. The monoisotopic (exact) mass is 253 g/mol. The molecule has 100 valence electrons. The van der Waals surface area contributed by atoms with Gasteiger partial charge in [0.1, 0.15) is 5.82 Å². The Labute approximate surface area is 107 Å². The molecular formula is C14H20FNO2. The van der Waals surface area contributed by atoms with Crippen molar-refractivity contribution >= 4 is 0 Å². The molecule has 0 bridgehead atoms. The second kappa shape index (κ2) is 6.27. The van der Waals surface area contributed by atoms with E-state index in [4.69, 9.17) is 9.47 Å². The largest absolute Gasteiger partial charge is 0.350 e. The van der Waals surface area contributed by atoms with Gasteiger partial charge in [0.2, 0.25) is 0 Å². The van der Waals surface area contributed by atoms with E-state index in [-0.39, 0.29) is 18.1 Å². The van der Waals surface area contributed by atoms with Gasteiger partial charge in [-0.05, 0) is 30.7 Å². The van der Waals surface area contributed by atoms with Crippen molar-refractivity contribution in [3.05, 3.63) is 35.1 Å². The number of hydrogen-bond donors (Lipinski definition) is 1. The van der Waals surface area contributed by atoms with E-state index in [1.807, 2.05) is 12.1 Å². The SMILES string of the molecule is CCNC(CC1OCCO1)c1ccc(F)c(C)c1. The zero-order chi connectivity index (χ0) is 13.0. The Morgan fingerprint density at radius 2 is 2.11 bits per heavy atom. The van der Waals surface area contributed by atoms with Crippen LogP contribution in [0.15, 0.2) is 18.2 Å². The van der Waals surface area contributed by atoms with Crippen molar-refractivity contribution in [1.82, 2.24) is 5.32 Å². The third-order valence-electron chi connectivity index (χ3n) is 3.15. The Kier molecular flexibility index (Phi) is 4.69. The lowest BCUT2D eigenvalue weighted by Crippen LogP contribution is -2.26. The first-order valence-corrected chi connectivity index (χ1v) is 6.43. The van der Waals surface area contributed by atoms with Gasteiger partial charge in [0.15, 0.2) is 6.29 Å². The van der Waals surface area contributed by atoms with Gasteiger partial charge in [-0.1, -0.05) is 19.1 Å². The lowest BCUT2D eigenvalue weighted by Gasteiger charge is -2.21. The molecule has 0 saturated carbocycles. The van der Waals surface area contributed by atoms with Crippen LogP contribution in [0.25, 0.3) is 0 Å². The van der Waals surface area contributed by atoms with Gasteiger partial charge in [-0.2, -0.15) is 0 Å². The molecule has 1 aliphatic rings. The number of rotatable bonds is 5. The molecule has 1 heterocycles. The molecule has 0 aromatic heterocycles.